The van der Waals surface area contributed by atoms with Crippen LogP contribution in [0.3, 0.4) is 0 Å². The summed E-state index contributed by atoms with van der Waals surface area (Å²) in [5.41, 5.74) is 8.33. The van der Waals surface area contributed by atoms with Crippen LogP contribution in [0.5, 0.6) is 0 Å². The summed E-state index contributed by atoms with van der Waals surface area (Å²) in [5.74, 6) is 0.749. The Morgan fingerprint density at radius 2 is 1.13 bits per heavy atom. The van der Waals surface area contributed by atoms with Gasteiger partial charge in [0.1, 0.15) is 5.82 Å². The highest BCUT2D eigenvalue weighted by Gasteiger charge is 2.14. The Hall–Kier alpha value is -4.18. The first-order valence-corrected chi connectivity index (χ1v) is 10.1. The van der Waals surface area contributed by atoms with Gasteiger partial charge in [0.2, 0.25) is 0 Å². The van der Waals surface area contributed by atoms with Gasteiger partial charge >= 0.3 is 0 Å². The Balaban J connectivity index is 1.75. The van der Waals surface area contributed by atoms with Crippen LogP contribution in [0.4, 0.5) is 0 Å². The third-order valence-electron chi connectivity index (χ3n) is 5.19. The van der Waals surface area contributed by atoms with E-state index < -0.39 is 0 Å². The van der Waals surface area contributed by atoms with Gasteiger partial charge in [0.15, 0.2) is 0 Å². The molecule has 0 radical (unpaired) electrons. The summed E-state index contributed by atoms with van der Waals surface area (Å²) in [7, 11) is 0. The summed E-state index contributed by atoms with van der Waals surface area (Å²) < 4.78 is 0. The molecule has 0 bridgehead atoms. The molecule has 5 aromatic rings. The molecule has 0 amide bonds. The molecular formula is C27H20N4. The molecule has 0 atom stereocenters. The zero-order valence-electron chi connectivity index (χ0n) is 17.1. The van der Waals surface area contributed by atoms with Crippen molar-refractivity contribution in [3.05, 3.63) is 110 Å². The number of rotatable bonds is 4. The SMILES string of the molecule is Cc1ncc(-c2cc(-c3cccnc3)cc(-c3cccnc3)c2)c(-c2ccccc2)n1. The van der Waals surface area contributed by atoms with E-state index in [2.05, 4.69) is 57.4 Å². The predicted molar refractivity (Wildman–Crippen MR) is 124 cm³/mol. The molecule has 0 saturated heterocycles. The van der Waals surface area contributed by atoms with Gasteiger partial charge in [0.25, 0.3) is 0 Å². The zero-order valence-corrected chi connectivity index (χ0v) is 17.1. The quantitative estimate of drug-likeness (QED) is 0.358. The van der Waals surface area contributed by atoms with Gasteiger partial charge < -0.3 is 0 Å². The molecule has 5 rings (SSSR count). The highest BCUT2D eigenvalue weighted by atomic mass is 14.9. The summed E-state index contributed by atoms with van der Waals surface area (Å²) >= 11 is 0. The normalized spacial score (nSPS) is 10.7. The lowest BCUT2D eigenvalue weighted by molar-refractivity contribution is 1.06. The van der Waals surface area contributed by atoms with Crippen LogP contribution in [-0.2, 0) is 0 Å². The number of hydrogen-bond acceptors (Lipinski definition) is 4. The second-order valence-electron chi connectivity index (χ2n) is 7.33. The average molecular weight is 400 g/mol. The van der Waals surface area contributed by atoms with E-state index in [1.54, 1.807) is 12.4 Å². The summed E-state index contributed by atoms with van der Waals surface area (Å²) in [6, 6.07) is 24.8. The van der Waals surface area contributed by atoms with Gasteiger partial charge in [-0.25, -0.2) is 9.97 Å². The highest BCUT2D eigenvalue weighted by Crippen LogP contribution is 2.36. The fraction of sp³-hybridized carbons (Fsp3) is 0.0370. The summed E-state index contributed by atoms with van der Waals surface area (Å²) in [5, 5.41) is 0. The molecule has 0 aliphatic heterocycles. The van der Waals surface area contributed by atoms with Crippen LogP contribution >= 0.6 is 0 Å². The van der Waals surface area contributed by atoms with Gasteiger partial charge in [-0.1, -0.05) is 42.5 Å². The molecule has 0 N–H and O–H groups in total. The largest absolute Gasteiger partial charge is 0.264 e. The summed E-state index contributed by atoms with van der Waals surface area (Å²) in [4.78, 5) is 17.9. The van der Waals surface area contributed by atoms with Crippen molar-refractivity contribution in [3.8, 4) is 44.6 Å². The minimum Gasteiger partial charge on any atom is -0.264 e. The average Bonchev–Trinajstić information content (AvgIpc) is 2.85. The summed E-state index contributed by atoms with van der Waals surface area (Å²) in [6.45, 7) is 1.92. The Bertz CT molecular complexity index is 1260. The van der Waals surface area contributed by atoms with E-state index in [1.807, 2.05) is 55.8 Å². The van der Waals surface area contributed by atoms with E-state index in [-0.39, 0.29) is 0 Å². The second-order valence-corrected chi connectivity index (χ2v) is 7.33. The third-order valence-corrected chi connectivity index (χ3v) is 5.19. The van der Waals surface area contributed by atoms with Gasteiger partial charge in [0.05, 0.1) is 5.69 Å². The second kappa shape index (κ2) is 8.28. The molecule has 148 valence electrons. The Morgan fingerprint density at radius 1 is 0.548 bits per heavy atom. The van der Waals surface area contributed by atoms with Gasteiger partial charge in [-0.2, -0.15) is 0 Å². The molecule has 4 heteroatoms. The van der Waals surface area contributed by atoms with Crippen molar-refractivity contribution in [2.24, 2.45) is 0 Å². The van der Waals surface area contributed by atoms with Gasteiger partial charge in [-0.3, -0.25) is 9.97 Å². The highest BCUT2D eigenvalue weighted by molar-refractivity contribution is 5.86. The monoisotopic (exact) mass is 400 g/mol. The van der Waals surface area contributed by atoms with Crippen molar-refractivity contribution in [2.75, 3.05) is 0 Å². The van der Waals surface area contributed by atoms with E-state index in [0.29, 0.717) is 0 Å². The molecule has 3 aromatic heterocycles. The van der Waals surface area contributed by atoms with Crippen molar-refractivity contribution in [3.63, 3.8) is 0 Å². The van der Waals surface area contributed by atoms with Crippen LogP contribution in [0.2, 0.25) is 0 Å². The lowest BCUT2D eigenvalue weighted by Gasteiger charge is -2.14. The van der Waals surface area contributed by atoms with Crippen molar-refractivity contribution >= 4 is 0 Å². The van der Waals surface area contributed by atoms with Crippen LogP contribution in [0.15, 0.2) is 104 Å². The number of nitrogens with zero attached hydrogens (tertiary/aromatic N) is 4. The number of hydrogen-bond donors (Lipinski definition) is 0. The first-order chi connectivity index (χ1) is 15.3. The molecule has 4 nitrogen and oxygen atoms in total. The predicted octanol–water partition coefficient (Wildman–Crippen LogP) is 6.24. The molecule has 0 unspecified atom stereocenters. The smallest absolute Gasteiger partial charge is 0.125 e. The van der Waals surface area contributed by atoms with Crippen molar-refractivity contribution in [2.45, 2.75) is 6.92 Å². The standard InChI is InChI=1S/C27H20N4/c1-19-30-18-26(27(31-19)20-7-3-2-4-8-20)25-14-23(21-9-5-11-28-16-21)13-24(15-25)22-10-6-12-29-17-22/h2-18H,1H3. The van der Waals surface area contributed by atoms with Crippen molar-refractivity contribution in [1.29, 1.82) is 0 Å². The Morgan fingerprint density at radius 3 is 1.71 bits per heavy atom. The van der Waals surface area contributed by atoms with Crippen LogP contribution < -0.4 is 0 Å². The number of benzene rings is 2. The van der Waals surface area contributed by atoms with Gasteiger partial charge in [0, 0.05) is 53.2 Å². The molecule has 2 aromatic carbocycles. The minimum atomic E-state index is 0.749. The molecule has 0 saturated carbocycles. The van der Waals surface area contributed by atoms with Crippen molar-refractivity contribution < 1.29 is 0 Å². The number of aryl methyl sites for hydroxylation is 1. The van der Waals surface area contributed by atoms with E-state index in [4.69, 9.17) is 4.98 Å². The Kier molecular flexibility index (Phi) is 5.03. The minimum absolute atomic E-state index is 0.749. The first kappa shape index (κ1) is 18.8. The zero-order chi connectivity index (χ0) is 21.0. The van der Waals surface area contributed by atoms with Crippen LogP contribution in [0.1, 0.15) is 5.82 Å². The Labute approximate surface area is 181 Å². The fourth-order valence-electron chi connectivity index (χ4n) is 3.68. The van der Waals surface area contributed by atoms with E-state index in [9.17, 15) is 0 Å². The van der Waals surface area contributed by atoms with Crippen LogP contribution in [-0.4, -0.2) is 19.9 Å². The summed E-state index contributed by atoms with van der Waals surface area (Å²) in [6.07, 6.45) is 9.26. The van der Waals surface area contributed by atoms with Crippen LogP contribution in [0, 0.1) is 6.92 Å². The topological polar surface area (TPSA) is 51.6 Å². The van der Waals surface area contributed by atoms with Crippen LogP contribution in [0.25, 0.3) is 44.6 Å². The molecular weight excluding hydrogens is 380 g/mol. The molecule has 0 aliphatic carbocycles. The van der Waals surface area contributed by atoms with Gasteiger partial charge in [-0.05, 0) is 53.9 Å². The lowest BCUT2D eigenvalue weighted by atomic mass is 9.93. The van der Waals surface area contributed by atoms with E-state index >= 15 is 0 Å². The third kappa shape index (κ3) is 3.96. The molecule has 0 aliphatic rings. The molecule has 0 spiro atoms. The number of aromatic nitrogens is 4. The van der Waals surface area contributed by atoms with Gasteiger partial charge in [-0.15, -0.1) is 0 Å². The number of pyridine rings is 2. The molecule has 0 fully saturated rings. The maximum absolute atomic E-state index is 4.79. The fourth-order valence-corrected chi connectivity index (χ4v) is 3.68. The maximum atomic E-state index is 4.79. The van der Waals surface area contributed by atoms with E-state index in [0.717, 1.165) is 50.5 Å². The van der Waals surface area contributed by atoms with Crippen molar-refractivity contribution in [1.82, 2.24) is 19.9 Å². The molecule has 31 heavy (non-hydrogen) atoms. The molecule has 3 heterocycles. The lowest BCUT2D eigenvalue weighted by Crippen LogP contribution is -1.96. The maximum Gasteiger partial charge on any atom is 0.125 e. The first-order valence-electron chi connectivity index (χ1n) is 10.1. The van der Waals surface area contributed by atoms with E-state index in [1.165, 1.54) is 0 Å².